The summed E-state index contributed by atoms with van der Waals surface area (Å²) in [6.45, 7) is -0.866. The van der Waals surface area contributed by atoms with E-state index in [-0.39, 0.29) is 29.5 Å². The number of benzene rings is 1. The largest absolute Gasteiger partial charge is 0.484 e. The zero-order valence-electron chi connectivity index (χ0n) is 13.9. The standard InChI is InChI=1S/C17H17F3N2O4/c1-24-8-9-25-16-14(6-3-7-21-16)15(23)22-12-4-2-5-13(10-12)26-11-17(18,19)20/h2-7,10H,8-9,11H2,1H3,(H,22,23). The smallest absolute Gasteiger partial charge is 0.422 e. The van der Waals surface area contributed by atoms with Crippen molar-refractivity contribution in [1.82, 2.24) is 4.98 Å². The lowest BCUT2D eigenvalue weighted by molar-refractivity contribution is -0.153. The summed E-state index contributed by atoms with van der Waals surface area (Å²) in [5.74, 6) is -0.395. The lowest BCUT2D eigenvalue weighted by Crippen LogP contribution is -2.19. The van der Waals surface area contributed by atoms with E-state index in [9.17, 15) is 18.0 Å². The molecule has 6 nitrogen and oxygen atoms in total. The number of rotatable bonds is 8. The second-order valence-corrected chi connectivity index (χ2v) is 5.08. The Bertz CT molecular complexity index is 738. The fourth-order valence-electron chi connectivity index (χ4n) is 1.93. The molecule has 0 saturated heterocycles. The predicted octanol–water partition coefficient (Wildman–Crippen LogP) is 3.30. The highest BCUT2D eigenvalue weighted by molar-refractivity contribution is 6.05. The maximum Gasteiger partial charge on any atom is 0.422 e. The van der Waals surface area contributed by atoms with E-state index in [1.54, 1.807) is 6.07 Å². The molecule has 0 fully saturated rings. The molecule has 1 aromatic heterocycles. The molecule has 1 N–H and O–H groups in total. The minimum atomic E-state index is -4.44. The van der Waals surface area contributed by atoms with Crippen molar-refractivity contribution in [3.05, 3.63) is 48.2 Å². The van der Waals surface area contributed by atoms with E-state index >= 15 is 0 Å². The highest BCUT2D eigenvalue weighted by atomic mass is 19.4. The third-order valence-corrected chi connectivity index (χ3v) is 3.04. The van der Waals surface area contributed by atoms with Crippen LogP contribution >= 0.6 is 0 Å². The van der Waals surface area contributed by atoms with Gasteiger partial charge in [-0.1, -0.05) is 6.07 Å². The molecule has 0 aliphatic carbocycles. The number of carbonyl (C=O) groups is 1. The molecule has 1 heterocycles. The molecule has 0 radical (unpaired) electrons. The number of carbonyl (C=O) groups excluding carboxylic acids is 1. The van der Waals surface area contributed by atoms with Gasteiger partial charge in [-0.2, -0.15) is 13.2 Å². The van der Waals surface area contributed by atoms with E-state index < -0.39 is 18.7 Å². The molecule has 0 bridgehead atoms. The van der Waals surface area contributed by atoms with Crippen LogP contribution in [-0.2, 0) is 4.74 Å². The second kappa shape index (κ2) is 9.04. The molecule has 0 saturated carbocycles. The van der Waals surface area contributed by atoms with Gasteiger partial charge in [-0.3, -0.25) is 4.79 Å². The summed E-state index contributed by atoms with van der Waals surface area (Å²) in [7, 11) is 1.52. The summed E-state index contributed by atoms with van der Waals surface area (Å²) in [5.41, 5.74) is 0.464. The first-order chi connectivity index (χ1) is 12.4. The van der Waals surface area contributed by atoms with E-state index in [1.165, 1.54) is 43.6 Å². The predicted molar refractivity (Wildman–Crippen MR) is 87.6 cm³/mol. The summed E-state index contributed by atoms with van der Waals surface area (Å²) in [5, 5.41) is 2.58. The Morgan fingerprint density at radius 2 is 1.96 bits per heavy atom. The zero-order chi connectivity index (χ0) is 19.0. The Hall–Kier alpha value is -2.81. The van der Waals surface area contributed by atoms with Gasteiger partial charge in [0.25, 0.3) is 5.91 Å². The number of amides is 1. The number of nitrogens with one attached hydrogen (secondary N) is 1. The van der Waals surface area contributed by atoms with E-state index in [1.807, 2.05) is 0 Å². The van der Waals surface area contributed by atoms with Crippen LogP contribution in [0, 0.1) is 0 Å². The Labute approximate surface area is 147 Å². The van der Waals surface area contributed by atoms with Crippen molar-refractivity contribution in [2.24, 2.45) is 0 Å². The van der Waals surface area contributed by atoms with Crippen molar-refractivity contribution < 1.29 is 32.2 Å². The van der Waals surface area contributed by atoms with Gasteiger partial charge in [-0.05, 0) is 24.3 Å². The Balaban J connectivity index is 2.06. The topological polar surface area (TPSA) is 69.7 Å². The molecule has 2 rings (SSSR count). The van der Waals surface area contributed by atoms with Gasteiger partial charge in [0.05, 0.1) is 6.61 Å². The fraction of sp³-hybridized carbons (Fsp3) is 0.294. The van der Waals surface area contributed by atoms with E-state index in [0.29, 0.717) is 6.61 Å². The van der Waals surface area contributed by atoms with Crippen LogP contribution in [0.1, 0.15) is 10.4 Å². The van der Waals surface area contributed by atoms with Gasteiger partial charge in [0, 0.05) is 25.1 Å². The highest BCUT2D eigenvalue weighted by Gasteiger charge is 2.28. The van der Waals surface area contributed by atoms with Crippen LogP contribution in [0.15, 0.2) is 42.6 Å². The van der Waals surface area contributed by atoms with Crippen molar-refractivity contribution in [2.45, 2.75) is 6.18 Å². The van der Waals surface area contributed by atoms with E-state index in [0.717, 1.165) is 0 Å². The summed E-state index contributed by atoms with van der Waals surface area (Å²) >= 11 is 0. The SMILES string of the molecule is COCCOc1ncccc1C(=O)Nc1cccc(OCC(F)(F)F)c1. The van der Waals surface area contributed by atoms with Crippen LogP contribution in [0.5, 0.6) is 11.6 Å². The number of pyridine rings is 1. The van der Waals surface area contributed by atoms with Crippen LogP contribution in [-0.4, -0.2) is 44.0 Å². The summed E-state index contributed by atoms with van der Waals surface area (Å²) < 4.78 is 51.6. The van der Waals surface area contributed by atoms with Crippen molar-refractivity contribution >= 4 is 11.6 Å². The van der Waals surface area contributed by atoms with Crippen molar-refractivity contribution in [2.75, 3.05) is 32.2 Å². The molecular weight excluding hydrogens is 353 g/mol. The zero-order valence-corrected chi connectivity index (χ0v) is 13.9. The number of hydrogen-bond acceptors (Lipinski definition) is 5. The number of anilines is 1. The van der Waals surface area contributed by atoms with Gasteiger partial charge in [-0.25, -0.2) is 4.98 Å². The van der Waals surface area contributed by atoms with Crippen LogP contribution in [0.2, 0.25) is 0 Å². The highest BCUT2D eigenvalue weighted by Crippen LogP contribution is 2.22. The van der Waals surface area contributed by atoms with Gasteiger partial charge >= 0.3 is 6.18 Å². The Kier molecular flexibility index (Phi) is 6.79. The minimum absolute atomic E-state index is 0.0112. The van der Waals surface area contributed by atoms with E-state index in [4.69, 9.17) is 9.47 Å². The number of hydrogen-bond donors (Lipinski definition) is 1. The maximum absolute atomic E-state index is 12.4. The van der Waals surface area contributed by atoms with Crippen LogP contribution in [0.25, 0.3) is 0 Å². The first-order valence-corrected chi connectivity index (χ1v) is 7.57. The Morgan fingerprint density at radius 3 is 2.69 bits per heavy atom. The van der Waals surface area contributed by atoms with E-state index in [2.05, 4.69) is 15.0 Å². The number of nitrogens with zero attached hydrogens (tertiary/aromatic N) is 1. The van der Waals surface area contributed by atoms with Gasteiger partial charge in [0.2, 0.25) is 5.88 Å². The molecule has 0 aliphatic heterocycles. The second-order valence-electron chi connectivity index (χ2n) is 5.08. The molecule has 0 atom stereocenters. The van der Waals surface area contributed by atoms with Gasteiger partial charge in [0.15, 0.2) is 6.61 Å². The van der Waals surface area contributed by atoms with Gasteiger partial charge in [-0.15, -0.1) is 0 Å². The normalized spacial score (nSPS) is 11.1. The minimum Gasteiger partial charge on any atom is -0.484 e. The summed E-state index contributed by atoms with van der Waals surface area (Å²) in [4.78, 5) is 16.4. The fourth-order valence-corrected chi connectivity index (χ4v) is 1.93. The third-order valence-electron chi connectivity index (χ3n) is 3.04. The molecular formula is C17H17F3N2O4. The first-order valence-electron chi connectivity index (χ1n) is 7.57. The summed E-state index contributed by atoms with van der Waals surface area (Å²) in [6, 6.07) is 8.76. The molecule has 26 heavy (non-hydrogen) atoms. The van der Waals surface area contributed by atoms with Crippen molar-refractivity contribution in [1.29, 1.82) is 0 Å². The first kappa shape index (κ1) is 19.5. The number of halogens is 3. The van der Waals surface area contributed by atoms with Crippen molar-refractivity contribution in [3.8, 4) is 11.6 Å². The maximum atomic E-state index is 12.4. The third kappa shape index (κ3) is 6.25. The average Bonchev–Trinajstić information content (AvgIpc) is 2.60. The Morgan fingerprint density at radius 1 is 1.15 bits per heavy atom. The molecule has 0 unspecified atom stereocenters. The van der Waals surface area contributed by atoms with Crippen LogP contribution in [0.4, 0.5) is 18.9 Å². The number of alkyl halides is 3. The van der Waals surface area contributed by atoms with Crippen LogP contribution < -0.4 is 14.8 Å². The molecule has 2 aromatic rings. The molecule has 140 valence electrons. The van der Waals surface area contributed by atoms with Crippen molar-refractivity contribution in [3.63, 3.8) is 0 Å². The molecule has 1 amide bonds. The lowest BCUT2D eigenvalue weighted by Gasteiger charge is -2.12. The van der Waals surface area contributed by atoms with Gasteiger partial charge < -0.3 is 19.5 Å². The molecule has 0 aliphatic rings. The molecule has 9 heteroatoms. The van der Waals surface area contributed by atoms with Crippen LogP contribution in [0.3, 0.4) is 0 Å². The summed E-state index contributed by atoms with van der Waals surface area (Å²) in [6.07, 6.45) is -2.96. The molecule has 0 spiro atoms. The number of ether oxygens (including phenoxy) is 3. The molecule has 1 aromatic carbocycles. The monoisotopic (exact) mass is 370 g/mol. The average molecular weight is 370 g/mol. The number of methoxy groups -OCH3 is 1. The number of aromatic nitrogens is 1. The van der Waals surface area contributed by atoms with Gasteiger partial charge in [0.1, 0.15) is 17.9 Å². The lowest BCUT2D eigenvalue weighted by atomic mass is 10.2. The quantitative estimate of drug-likeness (QED) is 0.722.